The molecular weight excluding hydrogens is 204 g/mol. The van der Waals surface area contributed by atoms with E-state index in [2.05, 4.69) is 4.74 Å². The molecule has 0 aliphatic heterocycles. The highest BCUT2D eigenvalue weighted by Gasteiger charge is 2.10. The predicted molar refractivity (Wildman–Crippen MR) is 49.8 cm³/mol. The second-order valence-electron chi connectivity index (χ2n) is 3.13. The van der Waals surface area contributed by atoms with Crippen molar-refractivity contribution in [3.63, 3.8) is 0 Å². The molecule has 0 aliphatic carbocycles. The predicted octanol–water partition coefficient (Wildman–Crippen LogP) is 1.36. The van der Waals surface area contributed by atoms with Gasteiger partial charge in [-0.05, 0) is 19.1 Å². The first kappa shape index (κ1) is 11.6. The molecule has 1 atom stereocenters. The van der Waals surface area contributed by atoms with Crippen molar-refractivity contribution >= 4 is 5.97 Å². The van der Waals surface area contributed by atoms with Gasteiger partial charge in [0.1, 0.15) is 24.3 Å². The van der Waals surface area contributed by atoms with Crippen LogP contribution < -0.4 is 5.73 Å². The Morgan fingerprint density at radius 2 is 2.20 bits per heavy atom. The summed E-state index contributed by atoms with van der Waals surface area (Å²) in [5, 5.41) is 0. The Balaban J connectivity index is 2.62. The van der Waals surface area contributed by atoms with Crippen molar-refractivity contribution in [2.45, 2.75) is 19.6 Å². The third-order valence-corrected chi connectivity index (χ3v) is 1.76. The molecule has 1 aromatic carbocycles. The zero-order valence-corrected chi connectivity index (χ0v) is 8.17. The van der Waals surface area contributed by atoms with Gasteiger partial charge in [0.25, 0.3) is 0 Å². The number of benzene rings is 1. The molecule has 15 heavy (non-hydrogen) atoms. The van der Waals surface area contributed by atoms with Crippen LogP contribution in [0.2, 0.25) is 0 Å². The lowest BCUT2D eigenvalue weighted by Crippen LogP contribution is -2.28. The Bertz CT molecular complexity index is 366. The maximum Gasteiger partial charge on any atom is 0.322 e. The molecule has 5 heteroatoms. The topological polar surface area (TPSA) is 52.3 Å². The second-order valence-corrected chi connectivity index (χ2v) is 3.13. The minimum Gasteiger partial charge on any atom is -0.460 e. The van der Waals surface area contributed by atoms with Crippen LogP contribution >= 0.6 is 0 Å². The largest absolute Gasteiger partial charge is 0.460 e. The van der Waals surface area contributed by atoms with Gasteiger partial charge >= 0.3 is 5.97 Å². The maximum absolute atomic E-state index is 13.0. The fourth-order valence-corrected chi connectivity index (χ4v) is 0.919. The van der Waals surface area contributed by atoms with E-state index in [1.165, 1.54) is 13.0 Å². The summed E-state index contributed by atoms with van der Waals surface area (Å²) in [5.74, 6) is -2.04. The van der Waals surface area contributed by atoms with E-state index in [-0.39, 0.29) is 12.2 Å². The molecule has 0 fully saturated rings. The molecule has 0 saturated carbocycles. The average Bonchev–Trinajstić information content (AvgIpc) is 2.15. The summed E-state index contributed by atoms with van der Waals surface area (Å²) in [4.78, 5) is 11.0. The van der Waals surface area contributed by atoms with E-state index in [9.17, 15) is 13.6 Å². The van der Waals surface area contributed by atoms with E-state index in [4.69, 9.17) is 5.73 Å². The number of halogens is 2. The van der Waals surface area contributed by atoms with Gasteiger partial charge in [-0.3, -0.25) is 4.79 Å². The normalized spacial score (nSPS) is 12.3. The standard InChI is InChI=1S/C10H11F2NO2/c1-6(13)10(14)15-5-7-2-3-8(11)4-9(7)12/h2-4,6H,5,13H2,1H3/t6-/m0/s1. The highest BCUT2D eigenvalue weighted by molar-refractivity contribution is 5.74. The quantitative estimate of drug-likeness (QED) is 0.774. The molecule has 0 aromatic heterocycles. The molecule has 0 bridgehead atoms. The maximum atomic E-state index is 13.0. The van der Waals surface area contributed by atoms with Gasteiger partial charge in [-0.2, -0.15) is 0 Å². The smallest absolute Gasteiger partial charge is 0.322 e. The molecule has 1 aromatic rings. The molecule has 0 radical (unpaired) electrons. The van der Waals surface area contributed by atoms with Crippen molar-refractivity contribution in [3.8, 4) is 0 Å². The Labute approximate surface area is 85.8 Å². The summed E-state index contributed by atoms with van der Waals surface area (Å²) in [7, 11) is 0. The third-order valence-electron chi connectivity index (χ3n) is 1.76. The van der Waals surface area contributed by atoms with Gasteiger partial charge in [-0.15, -0.1) is 0 Å². The van der Waals surface area contributed by atoms with Gasteiger partial charge in [0.15, 0.2) is 0 Å². The Morgan fingerprint density at radius 1 is 1.53 bits per heavy atom. The van der Waals surface area contributed by atoms with Gasteiger partial charge in [-0.25, -0.2) is 8.78 Å². The molecule has 0 aliphatic rings. The number of carbonyl (C=O) groups excluding carboxylic acids is 1. The van der Waals surface area contributed by atoms with Crippen LogP contribution in [0.15, 0.2) is 18.2 Å². The van der Waals surface area contributed by atoms with E-state index in [1.807, 2.05) is 0 Å². The molecule has 0 heterocycles. The number of rotatable bonds is 3. The van der Waals surface area contributed by atoms with Crippen molar-refractivity contribution in [1.82, 2.24) is 0 Å². The summed E-state index contributed by atoms with van der Waals surface area (Å²) in [6.45, 7) is 1.22. The summed E-state index contributed by atoms with van der Waals surface area (Å²) < 4.78 is 30.2. The molecule has 0 unspecified atom stereocenters. The van der Waals surface area contributed by atoms with Gasteiger partial charge in [-0.1, -0.05) is 0 Å². The van der Waals surface area contributed by atoms with Gasteiger partial charge in [0.05, 0.1) is 0 Å². The second kappa shape index (κ2) is 4.84. The van der Waals surface area contributed by atoms with Crippen molar-refractivity contribution in [3.05, 3.63) is 35.4 Å². The molecule has 0 amide bonds. The van der Waals surface area contributed by atoms with E-state index < -0.39 is 23.6 Å². The molecule has 3 nitrogen and oxygen atoms in total. The highest BCUT2D eigenvalue weighted by atomic mass is 19.1. The van der Waals surface area contributed by atoms with E-state index in [0.29, 0.717) is 0 Å². The molecule has 0 spiro atoms. The van der Waals surface area contributed by atoms with Crippen molar-refractivity contribution in [1.29, 1.82) is 0 Å². The molecular formula is C10H11F2NO2. The molecule has 0 saturated heterocycles. The minimum absolute atomic E-state index is 0.116. The van der Waals surface area contributed by atoms with Crippen LogP contribution in [-0.4, -0.2) is 12.0 Å². The van der Waals surface area contributed by atoms with Gasteiger partial charge in [0.2, 0.25) is 0 Å². The van der Waals surface area contributed by atoms with Gasteiger partial charge < -0.3 is 10.5 Å². The Morgan fingerprint density at radius 3 is 2.73 bits per heavy atom. The molecule has 1 rings (SSSR count). The third kappa shape index (κ3) is 3.28. The Kier molecular flexibility index (Phi) is 3.74. The summed E-state index contributed by atoms with van der Waals surface area (Å²) in [6, 6.07) is 2.29. The van der Waals surface area contributed by atoms with Crippen molar-refractivity contribution < 1.29 is 18.3 Å². The number of esters is 1. The van der Waals surface area contributed by atoms with Crippen LogP contribution in [0.4, 0.5) is 8.78 Å². The fraction of sp³-hybridized carbons (Fsp3) is 0.300. The van der Waals surface area contributed by atoms with E-state index in [1.54, 1.807) is 0 Å². The first-order valence-corrected chi connectivity index (χ1v) is 4.37. The molecule has 82 valence electrons. The summed E-state index contributed by atoms with van der Waals surface area (Å²) in [5.41, 5.74) is 5.35. The summed E-state index contributed by atoms with van der Waals surface area (Å²) >= 11 is 0. The van der Waals surface area contributed by atoms with Gasteiger partial charge in [0, 0.05) is 11.6 Å². The fourth-order valence-electron chi connectivity index (χ4n) is 0.919. The number of hydrogen-bond acceptors (Lipinski definition) is 3. The average molecular weight is 215 g/mol. The minimum atomic E-state index is -0.756. The highest BCUT2D eigenvalue weighted by Crippen LogP contribution is 2.10. The van der Waals surface area contributed by atoms with Crippen LogP contribution in [0.5, 0.6) is 0 Å². The Hall–Kier alpha value is -1.49. The first-order valence-electron chi connectivity index (χ1n) is 4.37. The van der Waals surface area contributed by atoms with Crippen molar-refractivity contribution in [2.24, 2.45) is 5.73 Å². The van der Waals surface area contributed by atoms with Crippen LogP contribution in [0.1, 0.15) is 12.5 Å². The molecule has 2 N–H and O–H groups in total. The monoisotopic (exact) mass is 215 g/mol. The van der Waals surface area contributed by atoms with E-state index >= 15 is 0 Å². The van der Waals surface area contributed by atoms with Crippen LogP contribution in [0.25, 0.3) is 0 Å². The summed E-state index contributed by atoms with van der Waals surface area (Å²) in [6.07, 6.45) is 0. The lowest BCUT2D eigenvalue weighted by molar-refractivity contribution is -0.146. The van der Waals surface area contributed by atoms with E-state index in [0.717, 1.165) is 12.1 Å². The van der Waals surface area contributed by atoms with Crippen LogP contribution in [0.3, 0.4) is 0 Å². The number of carbonyl (C=O) groups is 1. The van der Waals surface area contributed by atoms with Crippen LogP contribution in [-0.2, 0) is 16.1 Å². The van der Waals surface area contributed by atoms with Crippen molar-refractivity contribution in [2.75, 3.05) is 0 Å². The number of ether oxygens (including phenoxy) is 1. The lowest BCUT2D eigenvalue weighted by atomic mass is 10.2. The zero-order chi connectivity index (χ0) is 11.4. The number of hydrogen-bond donors (Lipinski definition) is 1. The van der Waals surface area contributed by atoms with Crippen LogP contribution in [0, 0.1) is 11.6 Å². The first-order chi connectivity index (χ1) is 7.00. The number of nitrogens with two attached hydrogens (primary N) is 1. The SMILES string of the molecule is C[C@H](N)C(=O)OCc1ccc(F)cc1F. The zero-order valence-electron chi connectivity index (χ0n) is 8.17. The lowest BCUT2D eigenvalue weighted by Gasteiger charge is -2.07.